The molecule has 5 nitrogen and oxygen atoms in total. The summed E-state index contributed by atoms with van der Waals surface area (Å²) in [6, 6.07) is 5.56. The smallest absolute Gasteiger partial charge is 0.369 e. The lowest BCUT2D eigenvalue weighted by Crippen LogP contribution is -2.36. The standard InChI is InChI=1S/C13H16F3N5S.ClH/c14-13(15,16)22-10-5-3-9(4-6-10)19-11(17)20-12(18)21-7-1-2-8-21;/h3-6H,1-2,7-8H2,(H4,17,18,19,20);1H. The molecule has 2 rings (SSSR count). The van der Waals surface area contributed by atoms with E-state index in [1.165, 1.54) is 24.3 Å². The highest BCUT2D eigenvalue weighted by atomic mass is 35.5. The molecule has 10 heteroatoms. The maximum Gasteiger partial charge on any atom is 0.446 e. The van der Waals surface area contributed by atoms with E-state index in [-0.39, 0.29) is 35.0 Å². The summed E-state index contributed by atoms with van der Waals surface area (Å²) >= 11 is -0.178. The third-order valence-corrected chi connectivity index (χ3v) is 3.71. The quantitative estimate of drug-likeness (QED) is 0.478. The molecule has 1 aromatic carbocycles. The van der Waals surface area contributed by atoms with Crippen LogP contribution >= 0.6 is 24.2 Å². The molecule has 1 aliphatic heterocycles. The molecule has 0 spiro atoms. The van der Waals surface area contributed by atoms with Crippen LogP contribution in [-0.4, -0.2) is 35.4 Å². The SMILES string of the molecule is Cl.NC(=Nc1ccc(SC(F)(F)F)cc1)N=C(N)N1CCCC1. The van der Waals surface area contributed by atoms with Crippen molar-refractivity contribution in [2.45, 2.75) is 23.2 Å². The van der Waals surface area contributed by atoms with Crippen molar-refractivity contribution < 1.29 is 13.2 Å². The Morgan fingerprint density at radius 2 is 1.65 bits per heavy atom. The number of nitrogens with two attached hydrogens (primary N) is 2. The van der Waals surface area contributed by atoms with Crippen molar-refractivity contribution in [3.05, 3.63) is 24.3 Å². The third kappa shape index (κ3) is 6.57. The molecule has 0 amide bonds. The summed E-state index contributed by atoms with van der Waals surface area (Å²) in [5.74, 6) is 0.281. The molecule has 0 bridgehead atoms. The van der Waals surface area contributed by atoms with Gasteiger partial charge in [0.25, 0.3) is 0 Å². The van der Waals surface area contributed by atoms with Gasteiger partial charge in [0.05, 0.1) is 5.69 Å². The summed E-state index contributed by atoms with van der Waals surface area (Å²) in [7, 11) is 0. The zero-order valence-electron chi connectivity index (χ0n) is 12.1. The van der Waals surface area contributed by atoms with Crippen molar-refractivity contribution in [2.75, 3.05) is 13.1 Å². The van der Waals surface area contributed by atoms with Crippen LogP contribution in [0.25, 0.3) is 0 Å². The number of rotatable bonds is 2. The summed E-state index contributed by atoms with van der Waals surface area (Å²) in [4.78, 5) is 10.0. The number of likely N-dealkylation sites (tertiary alicyclic amines) is 1. The first-order valence-electron chi connectivity index (χ1n) is 6.62. The first-order chi connectivity index (χ1) is 10.3. The number of benzene rings is 1. The third-order valence-electron chi connectivity index (χ3n) is 2.97. The van der Waals surface area contributed by atoms with Crippen molar-refractivity contribution in [3.63, 3.8) is 0 Å². The lowest BCUT2D eigenvalue weighted by atomic mass is 10.3. The van der Waals surface area contributed by atoms with Gasteiger partial charge in [-0.15, -0.1) is 12.4 Å². The van der Waals surface area contributed by atoms with E-state index in [1.54, 1.807) is 0 Å². The number of hydrogen-bond acceptors (Lipinski definition) is 2. The van der Waals surface area contributed by atoms with E-state index in [0.29, 0.717) is 11.6 Å². The fourth-order valence-electron chi connectivity index (χ4n) is 2.01. The molecule has 0 unspecified atom stereocenters. The van der Waals surface area contributed by atoms with E-state index in [1.807, 2.05) is 4.90 Å². The van der Waals surface area contributed by atoms with Crippen molar-refractivity contribution in [2.24, 2.45) is 21.5 Å². The Morgan fingerprint density at radius 1 is 1.09 bits per heavy atom. The average molecular weight is 368 g/mol. The van der Waals surface area contributed by atoms with Crippen LogP contribution in [0, 0.1) is 0 Å². The molecule has 23 heavy (non-hydrogen) atoms. The first kappa shape index (κ1) is 19.4. The van der Waals surface area contributed by atoms with Crippen molar-refractivity contribution >= 4 is 41.8 Å². The Morgan fingerprint density at radius 3 is 2.17 bits per heavy atom. The monoisotopic (exact) mass is 367 g/mol. The minimum Gasteiger partial charge on any atom is -0.369 e. The maximum atomic E-state index is 12.2. The highest BCUT2D eigenvalue weighted by Gasteiger charge is 2.28. The largest absolute Gasteiger partial charge is 0.446 e. The molecule has 128 valence electrons. The van der Waals surface area contributed by atoms with Crippen LogP contribution in [0.15, 0.2) is 39.1 Å². The highest BCUT2D eigenvalue weighted by Crippen LogP contribution is 2.37. The van der Waals surface area contributed by atoms with Gasteiger partial charge in [-0.05, 0) is 48.9 Å². The molecule has 1 fully saturated rings. The van der Waals surface area contributed by atoms with E-state index >= 15 is 0 Å². The Labute approximate surface area is 142 Å². The number of nitrogens with zero attached hydrogens (tertiary/aromatic N) is 3. The zero-order chi connectivity index (χ0) is 16.2. The molecule has 1 aromatic rings. The second-order valence-corrected chi connectivity index (χ2v) is 5.81. The van der Waals surface area contributed by atoms with Crippen LogP contribution in [0.3, 0.4) is 0 Å². The first-order valence-corrected chi connectivity index (χ1v) is 7.44. The normalized spacial score (nSPS) is 16.4. The van der Waals surface area contributed by atoms with Crippen molar-refractivity contribution in [3.8, 4) is 0 Å². The Bertz CT molecular complexity index is 568. The van der Waals surface area contributed by atoms with Gasteiger partial charge < -0.3 is 16.4 Å². The molecule has 0 radical (unpaired) electrons. The topological polar surface area (TPSA) is 80.0 Å². The van der Waals surface area contributed by atoms with Gasteiger partial charge in [-0.25, -0.2) is 4.99 Å². The second-order valence-electron chi connectivity index (χ2n) is 4.68. The predicted molar refractivity (Wildman–Crippen MR) is 89.3 cm³/mol. The van der Waals surface area contributed by atoms with Crippen LogP contribution in [0.4, 0.5) is 18.9 Å². The number of halogens is 4. The second kappa shape index (κ2) is 8.30. The predicted octanol–water partition coefficient (Wildman–Crippen LogP) is 3.08. The lowest BCUT2D eigenvalue weighted by molar-refractivity contribution is -0.0328. The molecule has 4 N–H and O–H groups in total. The number of alkyl halides is 3. The molecule has 0 atom stereocenters. The fourth-order valence-corrected chi connectivity index (χ4v) is 2.55. The summed E-state index contributed by atoms with van der Waals surface area (Å²) in [6.07, 6.45) is 2.12. The number of hydrogen-bond donors (Lipinski definition) is 2. The van der Waals surface area contributed by atoms with Gasteiger partial charge in [0.2, 0.25) is 5.96 Å². The van der Waals surface area contributed by atoms with Gasteiger partial charge in [0.1, 0.15) is 0 Å². The van der Waals surface area contributed by atoms with Gasteiger partial charge in [-0.2, -0.15) is 18.2 Å². The van der Waals surface area contributed by atoms with E-state index in [9.17, 15) is 13.2 Å². The minimum atomic E-state index is -4.31. The van der Waals surface area contributed by atoms with E-state index in [4.69, 9.17) is 11.5 Å². The number of thioether (sulfide) groups is 1. The van der Waals surface area contributed by atoms with Crippen molar-refractivity contribution in [1.29, 1.82) is 0 Å². The summed E-state index contributed by atoms with van der Waals surface area (Å²) in [5.41, 5.74) is 7.61. The molecule has 0 saturated carbocycles. The molecule has 1 aliphatic rings. The molecule has 0 aliphatic carbocycles. The zero-order valence-corrected chi connectivity index (χ0v) is 13.7. The highest BCUT2D eigenvalue weighted by molar-refractivity contribution is 8.00. The van der Waals surface area contributed by atoms with Crippen LogP contribution < -0.4 is 11.5 Å². The van der Waals surface area contributed by atoms with Crippen LogP contribution in [-0.2, 0) is 0 Å². The Balaban J connectivity index is 0.00000264. The summed E-state index contributed by atoms with van der Waals surface area (Å²) in [5, 5.41) is 0. The van der Waals surface area contributed by atoms with Gasteiger partial charge in [-0.1, -0.05) is 0 Å². The van der Waals surface area contributed by atoms with Gasteiger partial charge in [0, 0.05) is 18.0 Å². The van der Waals surface area contributed by atoms with Crippen LogP contribution in [0.1, 0.15) is 12.8 Å². The molecular formula is C13H17ClF3N5S. The minimum absolute atomic E-state index is 0. The Hall–Kier alpha value is -1.61. The molecule has 1 heterocycles. The number of aliphatic imine (C=N–C) groups is 2. The number of guanidine groups is 2. The van der Waals surface area contributed by atoms with Crippen LogP contribution in [0.5, 0.6) is 0 Å². The van der Waals surface area contributed by atoms with Gasteiger partial charge >= 0.3 is 5.51 Å². The maximum absolute atomic E-state index is 12.2. The van der Waals surface area contributed by atoms with E-state index in [0.717, 1.165) is 25.9 Å². The van der Waals surface area contributed by atoms with Crippen LogP contribution in [0.2, 0.25) is 0 Å². The van der Waals surface area contributed by atoms with Gasteiger partial charge in [0.15, 0.2) is 5.96 Å². The molecule has 1 saturated heterocycles. The van der Waals surface area contributed by atoms with E-state index in [2.05, 4.69) is 9.98 Å². The Kier molecular flexibility index (Phi) is 7.01. The van der Waals surface area contributed by atoms with E-state index < -0.39 is 5.51 Å². The molecular weight excluding hydrogens is 351 g/mol. The summed E-state index contributed by atoms with van der Waals surface area (Å²) in [6.45, 7) is 1.68. The van der Waals surface area contributed by atoms with Gasteiger partial charge in [-0.3, -0.25) is 0 Å². The summed E-state index contributed by atoms with van der Waals surface area (Å²) < 4.78 is 36.7. The lowest BCUT2D eigenvalue weighted by Gasteiger charge is -2.15. The molecule has 0 aromatic heterocycles. The fraction of sp³-hybridized carbons (Fsp3) is 0.385. The average Bonchev–Trinajstić information content (AvgIpc) is 2.93. The van der Waals surface area contributed by atoms with Crippen molar-refractivity contribution in [1.82, 2.24) is 4.90 Å².